The van der Waals surface area contributed by atoms with E-state index in [1.54, 1.807) is 7.11 Å². The SMILES string of the molecule is COc1cccc2c1CO[C@]1(C)CNC[C@H]21. The fourth-order valence-electron chi connectivity index (χ4n) is 2.89. The molecule has 1 fully saturated rings. The molecule has 86 valence electrons. The third kappa shape index (κ3) is 1.28. The quantitative estimate of drug-likeness (QED) is 0.779. The highest BCUT2D eigenvalue weighted by molar-refractivity contribution is 5.45. The predicted octanol–water partition coefficient (Wildman–Crippen LogP) is 1.67. The van der Waals surface area contributed by atoms with Crippen molar-refractivity contribution in [2.45, 2.75) is 25.0 Å². The topological polar surface area (TPSA) is 30.5 Å². The summed E-state index contributed by atoms with van der Waals surface area (Å²) in [5.41, 5.74) is 2.56. The number of hydrogen-bond acceptors (Lipinski definition) is 3. The largest absolute Gasteiger partial charge is 0.496 e. The zero-order chi connectivity index (χ0) is 11.2. The molecule has 0 radical (unpaired) electrons. The summed E-state index contributed by atoms with van der Waals surface area (Å²) in [7, 11) is 1.72. The molecule has 0 unspecified atom stereocenters. The summed E-state index contributed by atoms with van der Waals surface area (Å²) in [6.07, 6.45) is 0. The summed E-state index contributed by atoms with van der Waals surface area (Å²) in [5.74, 6) is 1.40. The molecule has 3 rings (SSSR count). The van der Waals surface area contributed by atoms with Crippen molar-refractivity contribution in [1.29, 1.82) is 0 Å². The van der Waals surface area contributed by atoms with Crippen LogP contribution in [-0.4, -0.2) is 25.8 Å². The molecular formula is C13H17NO2. The van der Waals surface area contributed by atoms with Gasteiger partial charge in [-0.15, -0.1) is 0 Å². The van der Waals surface area contributed by atoms with Crippen LogP contribution >= 0.6 is 0 Å². The van der Waals surface area contributed by atoms with Gasteiger partial charge in [-0.2, -0.15) is 0 Å². The molecule has 0 bridgehead atoms. The number of benzene rings is 1. The van der Waals surface area contributed by atoms with Crippen molar-refractivity contribution in [3.63, 3.8) is 0 Å². The van der Waals surface area contributed by atoms with Crippen molar-refractivity contribution in [3.05, 3.63) is 29.3 Å². The highest BCUT2D eigenvalue weighted by atomic mass is 16.5. The van der Waals surface area contributed by atoms with E-state index in [1.165, 1.54) is 11.1 Å². The monoisotopic (exact) mass is 219 g/mol. The van der Waals surface area contributed by atoms with Crippen LogP contribution in [0.5, 0.6) is 5.75 Å². The Kier molecular flexibility index (Phi) is 2.19. The molecule has 0 amide bonds. The molecule has 2 heterocycles. The summed E-state index contributed by atoms with van der Waals surface area (Å²) < 4.78 is 11.4. The van der Waals surface area contributed by atoms with Crippen molar-refractivity contribution in [3.8, 4) is 5.75 Å². The Balaban J connectivity index is 2.10. The van der Waals surface area contributed by atoms with Crippen molar-refractivity contribution < 1.29 is 9.47 Å². The maximum Gasteiger partial charge on any atom is 0.124 e. The number of hydrogen-bond donors (Lipinski definition) is 1. The molecular weight excluding hydrogens is 202 g/mol. The molecule has 0 aromatic heterocycles. The summed E-state index contributed by atoms with van der Waals surface area (Å²) in [5, 5.41) is 3.42. The minimum atomic E-state index is -0.0423. The minimum Gasteiger partial charge on any atom is -0.496 e. The second-order valence-electron chi connectivity index (χ2n) is 4.81. The normalized spacial score (nSPS) is 32.0. The van der Waals surface area contributed by atoms with Gasteiger partial charge in [0.2, 0.25) is 0 Å². The lowest BCUT2D eigenvalue weighted by atomic mass is 9.81. The second kappa shape index (κ2) is 3.47. The Labute approximate surface area is 95.8 Å². The van der Waals surface area contributed by atoms with E-state index < -0.39 is 0 Å². The number of fused-ring (bicyclic) bond motifs is 3. The molecule has 2 aliphatic heterocycles. The summed E-state index contributed by atoms with van der Waals surface area (Å²) in [4.78, 5) is 0. The van der Waals surface area contributed by atoms with E-state index in [0.717, 1.165) is 18.8 Å². The van der Waals surface area contributed by atoms with Crippen molar-refractivity contribution >= 4 is 0 Å². The summed E-state index contributed by atoms with van der Waals surface area (Å²) in [6.45, 7) is 4.79. The van der Waals surface area contributed by atoms with Crippen LogP contribution in [0.2, 0.25) is 0 Å². The van der Waals surface area contributed by atoms with E-state index in [4.69, 9.17) is 9.47 Å². The predicted molar refractivity (Wildman–Crippen MR) is 61.8 cm³/mol. The van der Waals surface area contributed by atoms with Gasteiger partial charge in [-0.05, 0) is 18.6 Å². The van der Waals surface area contributed by atoms with Gasteiger partial charge >= 0.3 is 0 Å². The average molecular weight is 219 g/mol. The highest BCUT2D eigenvalue weighted by Gasteiger charge is 2.44. The Morgan fingerprint density at radius 3 is 3.19 bits per heavy atom. The van der Waals surface area contributed by atoms with Crippen LogP contribution < -0.4 is 10.1 Å². The fourth-order valence-corrected chi connectivity index (χ4v) is 2.89. The van der Waals surface area contributed by atoms with Gasteiger partial charge in [0.05, 0.1) is 19.3 Å². The number of ether oxygens (including phenoxy) is 2. The maximum atomic E-state index is 6.02. The molecule has 1 aromatic rings. The van der Waals surface area contributed by atoms with E-state index in [2.05, 4.69) is 24.4 Å². The van der Waals surface area contributed by atoms with Crippen LogP contribution in [-0.2, 0) is 11.3 Å². The first kappa shape index (κ1) is 10.1. The van der Waals surface area contributed by atoms with Crippen LogP contribution in [0, 0.1) is 0 Å². The van der Waals surface area contributed by atoms with E-state index in [9.17, 15) is 0 Å². The highest BCUT2D eigenvalue weighted by Crippen LogP contribution is 2.43. The van der Waals surface area contributed by atoms with Gasteiger partial charge in [-0.3, -0.25) is 0 Å². The number of methoxy groups -OCH3 is 1. The van der Waals surface area contributed by atoms with Crippen LogP contribution in [0.25, 0.3) is 0 Å². The molecule has 0 saturated carbocycles. The van der Waals surface area contributed by atoms with E-state index in [1.807, 2.05) is 6.07 Å². The first-order chi connectivity index (χ1) is 7.74. The van der Waals surface area contributed by atoms with E-state index in [-0.39, 0.29) is 5.60 Å². The Morgan fingerprint density at radius 2 is 2.38 bits per heavy atom. The lowest BCUT2D eigenvalue weighted by molar-refractivity contribution is -0.0525. The molecule has 1 N–H and O–H groups in total. The maximum absolute atomic E-state index is 6.02. The lowest BCUT2D eigenvalue weighted by Gasteiger charge is -2.37. The summed E-state index contributed by atoms with van der Waals surface area (Å²) in [6, 6.07) is 6.28. The molecule has 3 nitrogen and oxygen atoms in total. The van der Waals surface area contributed by atoms with E-state index in [0.29, 0.717) is 12.5 Å². The Morgan fingerprint density at radius 1 is 1.50 bits per heavy atom. The standard InChI is InChI=1S/C13H17NO2/c1-13-8-14-6-11(13)9-4-3-5-12(15-2)10(9)7-16-13/h3-5,11,14H,6-8H2,1-2H3/t11-,13-/m1/s1. The van der Waals surface area contributed by atoms with Crippen LogP contribution in [0.15, 0.2) is 18.2 Å². The third-order valence-corrected chi connectivity index (χ3v) is 3.87. The lowest BCUT2D eigenvalue weighted by Crippen LogP contribution is -2.39. The zero-order valence-corrected chi connectivity index (χ0v) is 9.75. The van der Waals surface area contributed by atoms with Crippen molar-refractivity contribution in [2.75, 3.05) is 20.2 Å². The fraction of sp³-hybridized carbons (Fsp3) is 0.538. The van der Waals surface area contributed by atoms with Crippen molar-refractivity contribution in [2.24, 2.45) is 0 Å². The second-order valence-corrected chi connectivity index (χ2v) is 4.81. The Hall–Kier alpha value is -1.06. The molecule has 1 aromatic carbocycles. The van der Waals surface area contributed by atoms with Gasteiger partial charge in [-0.25, -0.2) is 0 Å². The molecule has 16 heavy (non-hydrogen) atoms. The molecule has 2 aliphatic rings. The smallest absolute Gasteiger partial charge is 0.124 e. The van der Waals surface area contributed by atoms with Gasteiger partial charge in [0.25, 0.3) is 0 Å². The molecule has 2 atom stereocenters. The van der Waals surface area contributed by atoms with E-state index >= 15 is 0 Å². The molecule has 0 spiro atoms. The number of nitrogens with one attached hydrogen (secondary N) is 1. The third-order valence-electron chi connectivity index (χ3n) is 3.87. The van der Waals surface area contributed by atoms with Gasteiger partial charge in [0.15, 0.2) is 0 Å². The van der Waals surface area contributed by atoms with Crippen LogP contribution in [0.4, 0.5) is 0 Å². The average Bonchev–Trinajstić information content (AvgIpc) is 2.70. The van der Waals surface area contributed by atoms with Gasteiger partial charge in [0, 0.05) is 24.6 Å². The summed E-state index contributed by atoms with van der Waals surface area (Å²) >= 11 is 0. The van der Waals surface area contributed by atoms with Gasteiger partial charge in [-0.1, -0.05) is 12.1 Å². The number of rotatable bonds is 1. The molecule has 0 aliphatic carbocycles. The first-order valence-corrected chi connectivity index (χ1v) is 5.75. The van der Waals surface area contributed by atoms with Gasteiger partial charge in [0.1, 0.15) is 5.75 Å². The zero-order valence-electron chi connectivity index (χ0n) is 9.75. The van der Waals surface area contributed by atoms with Crippen molar-refractivity contribution in [1.82, 2.24) is 5.32 Å². The van der Waals surface area contributed by atoms with Crippen LogP contribution in [0.1, 0.15) is 24.0 Å². The first-order valence-electron chi connectivity index (χ1n) is 5.75. The van der Waals surface area contributed by atoms with Crippen LogP contribution in [0.3, 0.4) is 0 Å². The Bertz CT molecular complexity index is 418. The molecule has 1 saturated heterocycles. The minimum absolute atomic E-state index is 0.0423. The van der Waals surface area contributed by atoms with Gasteiger partial charge < -0.3 is 14.8 Å². The molecule has 3 heteroatoms.